The lowest BCUT2D eigenvalue weighted by molar-refractivity contribution is 0.148. The monoisotopic (exact) mass is 482 g/mol. The summed E-state index contributed by atoms with van der Waals surface area (Å²) in [6.07, 6.45) is 0. The van der Waals surface area contributed by atoms with Crippen LogP contribution in [0.5, 0.6) is 0 Å². The Morgan fingerprint density at radius 3 is 2.50 bits per heavy atom. The number of halogens is 2. The number of piperazine rings is 1. The maximum Gasteiger partial charge on any atom is 0.205 e. The average Bonchev–Trinajstić information content (AvgIpc) is 2.99. The first-order chi connectivity index (χ1) is 12.6. The first kappa shape index (κ1) is 18.1. The summed E-state index contributed by atoms with van der Waals surface area (Å²) in [5, 5.41) is 14.8. The van der Waals surface area contributed by atoms with Gasteiger partial charge in [-0.05, 0) is 29.6 Å². The fraction of sp³-hybridized carbons (Fsp3) is 0.389. The Kier molecular flexibility index (Phi) is 5.40. The van der Waals surface area contributed by atoms with Crippen LogP contribution in [0, 0.1) is 3.70 Å². The molecule has 1 aromatic carbocycles. The van der Waals surface area contributed by atoms with Crippen molar-refractivity contribution in [2.24, 2.45) is 0 Å². The summed E-state index contributed by atoms with van der Waals surface area (Å²) in [6.45, 7) is 6.26. The first-order valence-corrected chi connectivity index (χ1v) is 10.1. The van der Waals surface area contributed by atoms with E-state index in [-0.39, 0.29) is 0 Å². The fourth-order valence-corrected chi connectivity index (χ4v) is 4.52. The molecule has 1 fully saturated rings. The summed E-state index contributed by atoms with van der Waals surface area (Å²) in [7, 11) is 2.17. The molecule has 0 atom stereocenters. The third-order valence-corrected chi connectivity index (χ3v) is 6.28. The average molecular weight is 483 g/mol. The van der Waals surface area contributed by atoms with E-state index in [4.69, 9.17) is 11.6 Å². The van der Waals surface area contributed by atoms with Crippen molar-refractivity contribution >= 4 is 45.2 Å². The van der Waals surface area contributed by atoms with Crippen LogP contribution in [0.2, 0.25) is 5.02 Å². The predicted octanol–water partition coefficient (Wildman–Crippen LogP) is 3.00. The van der Waals surface area contributed by atoms with E-state index >= 15 is 0 Å². The topological polar surface area (TPSA) is 50.1 Å². The number of aromatic nitrogens is 4. The third-order valence-electron chi connectivity index (χ3n) is 4.82. The number of likely N-dealkylation sites (N-methyl/N-ethyl adjacent to an activating group) is 1. The second kappa shape index (κ2) is 7.75. The number of nitrogens with zero attached hydrogens (tertiary/aromatic N) is 6. The Morgan fingerprint density at radius 2 is 1.77 bits per heavy atom. The second-order valence-electron chi connectivity index (χ2n) is 6.59. The van der Waals surface area contributed by atoms with Crippen molar-refractivity contribution in [1.82, 2.24) is 29.8 Å². The van der Waals surface area contributed by atoms with Crippen LogP contribution in [0.3, 0.4) is 0 Å². The van der Waals surface area contributed by atoms with Gasteiger partial charge in [-0.3, -0.25) is 9.58 Å². The van der Waals surface area contributed by atoms with Gasteiger partial charge in [0, 0.05) is 38.3 Å². The first-order valence-electron chi connectivity index (χ1n) is 8.68. The van der Waals surface area contributed by atoms with Crippen molar-refractivity contribution in [2.75, 3.05) is 39.8 Å². The van der Waals surface area contributed by atoms with Gasteiger partial charge in [0.1, 0.15) is 9.39 Å². The molecule has 6 nitrogen and oxygen atoms in total. The molecule has 0 aliphatic carbocycles. The molecule has 0 amide bonds. The fourth-order valence-electron chi connectivity index (χ4n) is 3.18. The lowest BCUT2D eigenvalue weighted by atomic mass is 10.1. The minimum Gasteiger partial charge on any atom is -0.304 e. The zero-order chi connectivity index (χ0) is 18.1. The molecule has 8 heteroatoms. The standard InChI is InChI=1S/C18H20ClIN6/c1-24-7-9-25(10-8-24)11-12-26-17(20)14-15(19)16(21-22-18(14)23-26)13-5-3-2-4-6-13/h2-6H,7-12H2,1H3. The molecule has 0 unspecified atom stereocenters. The van der Waals surface area contributed by atoms with E-state index in [1.807, 2.05) is 35.0 Å². The summed E-state index contributed by atoms with van der Waals surface area (Å²) >= 11 is 9.00. The van der Waals surface area contributed by atoms with Crippen LogP contribution in [0.15, 0.2) is 30.3 Å². The van der Waals surface area contributed by atoms with Crippen LogP contribution in [-0.2, 0) is 6.54 Å². The highest BCUT2D eigenvalue weighted by molar-refractivity contribution is 14.1. The Morgan fingerprint density at radius 1 is 1.04 bits per heavy atom. The Bertz CT molecular complexity index is 905. The van der Waals surface area contributed by atoms with E-state index < -0.39 is 0 Å². The van der Waals surface area contributed by atoms with Gasteiger partial charge in [-0.15, -0.1) is 15.3 Å². The van der Waals surface area contributed by atoms with Gasteiger partial charge in [-0.1, -0.05) is 41.9 Å². The number of hydrogen-bond donors (Lipinski definition) is 0. The van der Waals surface area contributed by atoms with Crippen molar-refractivity contribution in [3.8, 4) is 11.3 Å². The molecule has 0 N–H and O–H groups in total. The van der Waals surface area contributed by atoms with Gasteiger partial charge in [0.2, 0.25) is 5.65 Å². The van der Waals surface area contributed by atoms with Gasteiger partial charge in [0.05, 0.1) is 17.0 Å². The third kappa shape index (κ3) is 3.58. The number of fused-ring (bicyclic) bond motifs is 1. The Balaban J connectivity index is 1.59. The van der Waals surface area contributed by atoms with E-state index in [0.29, 0.717) is 16.4 Å². The van der Waals surface area contributed by atoms with Crippen molar-refractivity contribution in [2.45, 2.75) is 6.54 Å². The molecule has 1 aliphatic rings. The van der Waals surface area contributed by atoms with Crippen LogP contribution in [0.1, 0.15) is 0 Å². The second-order valence-corrected chi connectivity index (χ2v) is 7.99. The summed E-state index contributed by atoms with van der Waals surface area (Å²) in [5.41, 5.74) is 2.28. The molecule has 136 valence electrons. The van der Waals surface area contributed by atoms with Gasteiger partial charge in [-0.2, -0.15) is 0 Å². The lowest BCUT2D eigenvalue weighted by Crippen LogP contribution is -2.45. The van der Waals surface area contributed by atoms with Crippen LogP contribution in [-0.4, -0.2) is 69.5 Å². The number of hydrogen-bond acceptors (Lipinski definition) is 5. The van der Waals surface area contributed by atoms with E-state index in [1.165, 1.54) is 0 Å². The highest BCUT2D eigenvalue weighted by atomic mass is 127. The largest absolute Gasteiger partial charge is 0.304 e. The van der Waals surface area contributed by atoms with Gasteiger partial charge in [0.15, 0.2) is 0 Å². The van der Waals surface area contributed by atoms with Gasteiger partial charge >= 0.3 is 0 Å². The van der Waals surface area contributed by atoms with Crippen LogP contribution in [0.4, 0.5) is 0 Å². The molecule has 26 heavy (non-hydrogen) atoms. The summed E-state index contributed by atoms with van der Waals surface area (Å²) in [6, 6.07) is 9.91. The van der Waals surface area contributed by atoms with E-state index in [9.17, 15) is 0 Å². The SMILES string of the molecule is CN1CCN(CCn2nc3nnc(-c4ccccc4)c(Cl)c3c2I)CC1. The van der Waals surface area contributed by atoms with Crippen LogP contribution >= 0.6 is 34.2 Å². The normalized spacial score (nSPS) is 16.4. The molecule has 0 radical (unpaired) electrons. The maximum atomic E-state index is 6.68. The van der Waals surface area contributed by atoms with Crippen LogP contribution in [0.25, 0.3) is 22.3 Å². The zero-order valence-electron chi connectivity index (χ0n) is 14.6. The van der Waals surface area contributed by atoms with Crippen molar-refractivity contribution in [3.63, 3.8) is 0 Å². The molecule has 0 saturated carbocycles. The number of benzene rings is 1. The van der Waals surface area contributed by atoms with E-state index in [1.54, 1.807) is 0 Å². The predicted molar refractivity (Wildman–Crippen MR) is 112 cm³/mol. The summed E-state index contributed by atoms with van der Waals surface area (Å²) in [4.78, 5) is 4.84. The highest BCUT2D eigenvalue weighted by Crippen LogP contribution is 2.33. The molecule has 1 aliphatic heterocycles. The molecular formula is C18H20ClIN6. The quantitative estimate of drug-likeness (QED) is 0.535. The van der Waals surface area contributed by atoms with Crippen molar-refractivity contribution in [3.05, 3.63) is 39.1 Å². The lowest BCUT2D eigenvalue weighted by Gasteiger charge is -2.32. The van der Waals surface area contributed by atoms with Crippen molar-refractivity contribution in [1.29, 1.82) is 0 Å². The summed E-state index contributed by atoms with van der Waals surface area (Å²) in [5.74, 6) is 0. The molecular weight excluding hydrogens is 463 g/mol. The molecule has 3 heterocycles. The zero-order valence-corrected chi connectivity index (χ0v) is 17.5. The smallest absolute Gasteiger partial charge is 0.205 e. The molecule has 2 aromatic heterocycles. The number of rotatable bonds is 4. The van der Waals surface area contributed by atoms with E-state index in [0.717, 1.165) is 53.9 Å². The minimum atomic E-state index is 0.609. The van der Waals surface area contributed by atoms with Crippen molar-refractivity contribution < 1.29 is 0 Å². The van der Waals surface area contributed by atoms with Gasteiger partial charge < -0.3 is 4.90 Å². The molecule has 3 aromatic rings. The summed E-state index contributed by atoms with van der Waals surface area (Å²) < 4.78 is 3.02. The van der Waals surface area contributed by atoms with Gasteiger partial charge in [0.25, 0.3) is 0 Å². The maximum absolute atomic E-state index is 6.68. The highest BCUT2D eigenvalue weighted by Gasteiger charge is 2.19. The molecule has 0 bridgehead atoms. The molecule has 0 spiro atoms. The molecule has 1 saturated heterocycles. The van der Waals surface area contributed by atoms with Crippen LogP contribution < -0.4 is 0 Å². The Labute approximate surface area is 171 Å². The molecule has 4 rings (SSSR count). The van der Waals surface area contributed by atoms with E-state index in [2.05, 4.69) is 54.7 Å². The Hall–Kier alpha value is -1.29. The minimum absolute atomic E-state index is 0.609. The van der Waals surface area contributed by atoms with Gasteiger partial charge in [-0.25, -0.2) is 0 Å².